The maximum absolute atomic E-state index is 13.1. The number of epoxide rings is 1. The molecule has 1 fully saturated rings. The van der Waals surface area contributed by atoms with E-state index in [0.717, 1.165) is 77.7 Å². The summed E-state index contributed by atoms with van der Waals surface area (Å²) < 4.78 is 61.5. The third-order valence-corrected chi connectivity index (χ3v) is 29.2. The minimum absolute atomic E-state index is 0.000230. The molecule has 17 rings (SSSR count). The number of halogens is 3. The zero-order valence-corrected chi connectivity index (χ0v) is 92.0. The minimum Gasteiger partial charge on any atom is -0.462 e. The van der Waals surface area contributed by atoms with Gasteiger partial charge < -0.3 is 18.9 Å². The third-order valence-electron chi connectivity index (χ3n) is 29.2. The molecule has 145 heavy (non-hydrogen) atoms. The molecular formula is C138H157F3O4. The molecule has 0 aromatic heterocycles. The van der Waals surface area contributed by atoms with Crippen molar-refractivity contribution in [3.63, 3.8) is 0 Å². The number of alkyl halides is 3. The molecule has 1 heterocycles. The number of benzene rings is 16. The second kappa shape index (κ2) is 50.0. The van der Waals surface area contributed by atoms with Crippen molar-refractivity contribution in [1.29, 1.82) is 0 Å². The molecule has 4 nitrogen and oxygen atoms in total. The van der Waals surface area contributed by atoms with Gasteiger partial charge in [-0.1, -0.05) is 419 Å². The molecule has 0 saturated carbocycles. The van der Waals surface area contributed by atoms with Crippen LogP contribution in [-0.4, -0.2) is 12.9 Å². The summed E-state index contributed by atoms with van der Waals surface area (Å²) in [6.45, 7) is 64.0. The average Bonchev–Trinajstić information content (AvgIpc) is 1.70. The van der Waals surface area contributed by atoms with Crippen LogP contribution in [0.25, 0.3) is 0 Å². The lowest BCUT2D eigenvalue weighted by molar-refractivity contribution is -0.138. The first kappa shape index (κ1) is 112. The highest BCUT2D eigenvalue weighted by molar-refractivity contribution is 5.53. The highest BCUT2D eigenvalue weighted by Crippen LogP contribution is 2.43. The van der Waals surface area contributed by atoms with E-state index in [1.807, 2.05) is 105 Å². The van der Waals surface area contributed by atoms with Crippen LogP contribution in [0.1, 0.15) is 279 Å². The van der Waals surface area contributed by atoms with Gasteiger partial charge in [0.25, 0.3) is 0 Å². The van der Waals surface area contributed by atoms with E-state index in [-0.39, 0.29) is 33.4 Å². The second-order valence-electron chi connectivity index (χ2n) is 42.7. The summed E-state index contributed by atoms with van der Waals surface area (Å²) in [5.74, 6) is 4.26. The van der Waals surface area contributed by atoms with Gasteiger partial charge in [0.1, 0.15) is 35.4 Å². The van der Waals surface area contributed by atoms with Gasteiger partial charge in [-0.3, -0.25) is 0 Å². The first-order valence-electron chi connectivity index (χ1n) is 51.7. The van der Waals surface area contributed by atoms with Crippen molar-refractivity contribution in [3.05, 3.63) is 535 Å². The van der Waals surface area contributed by atoms with Gasteiger partial charge in [0.2, 0.25) is 6.29 Å². The average molecular weight is 1940 g/mol. The smallest absolute Gasteiger partial charge is 0.416 e. The second-order valence-corrected chi connectivity index (χ2v) is 42.7. The molecule has 16 aromatic rings. The van der Waals surface area contributed by atoms with E-state index in [9.17, 15) is 13.2 Å². The Morgan fingerprint density at radius 3 is 0.710 bits per heavy atom. The molecule has 0 spiro atoms. The summed E-state index contributed by atoms with van der Waals surface area (Å²) in [4.78, 5) is 0. The SMILES string of the molecule is CCc1cc(CC)cc(CC)c1.Cc1cc(C(C)(C)c2ccc(C(C)(C)c3cc(C)c(C)c(C)c3)cc2)cc(C)c1C.Cc1ccc(C(C)(C)c2ccc(C(C)(C)c3ccc(C)cc3)cc2)cc1.Cc1ccc(Cc2ccc(C)cc2)cc1.Cc1ccc(Cc2ccc(C)cc2C(F)(F)F)c(C)c1.Cc1ccc(OC2CO2)cc1.Cc1ccc(Oc2ccc(C(C)(C)c3ccc(Oc4ccc(C)cc4)cc3)cc2)cc1. The quantitative estimate of drug-likeness (QED) is 0.0599. The van der Waals surface area contributed by atoms with E-state index in [1.165, 1.54) is 162 Å². The van der Waals surface area contributed by atoms with E-state index in [0.29, 0.717) is 17.5 Å². The van der Waals surface area contributed by atoms with Crippen molar-refractivity contribution in [2.75, 3.05) is 6.61 Å². The largest absolute Gasteiger partial charge is 0.462 e. The maximum Gasteiger partial charge on any atom is 0.416 e. The van der Waals surface area contributed by atoms with E-state index < -0.39 is 11.7 Å². The van der Waals surface area contributed by atoms with E-state index in [2.05, 4.69) is 417 Å². The number of ether oxygens (including phenoxy) is 4. The molecule has 0 aliphatic carbocycles. The van der Waals surface area contributed by atoms with E-state index >= 15 is 0 Å². The molecule has 1 unspecified atom stereocenters. The van der Waals surface area contributed by atoms with Crippen molar-refractivity contribution in [2.45, 2.75) is 272 Å². The Bertz CT molecular complexity index is 6430. The molecule has 754 valence electrons. The normalized spacial score (nSPS) is 12.3. The molecule has 1 saturated heterocycles. The maximum atomic E-state index is 13.1. The summed E-state index contributed by atoms with van der Waals surface area (Å²) >= 11 is 0. The van der Waals surface area contributed by atoms with Gasteiger partial charge in [-0.25, -0.2) is 0 Å². The van der Waals surface area contributed by atoms with Gasteiger partial charge >= 0.3 is 6.18 Å². The standard InChI is InChI=1S/C30H38.C29H28O2.C26H30.C17H17F3.C15H16.C12H18.C9H10O2/c1-19-15-27(16-20(2)23(19)5)29(7,8)25-11-13-26(14-12-25)30(9,10)28-17-21(3)24(6)22(4)18-28;1-21-5-13-25(14-6-21)30-27-17-9-23(10-18-27)29(3,4)24-11-19-28(20-12-24)31-26-15-7-22(2)8-16-26;1-19-7-11-21(12-8-19)25(3,4)23-15-17-24(18-16-23)26(5,6)22-13-9-20(2)10-14-22;1-11-4-6-14(13(3)8-11)10-15-7-5-12(2)9-16(15)17(18,19)20;1-12-3-7-14(8-4-12)11-15-9-5-13(2)6-10-15;1-4-10-7-11(5-2)9-12(6-3)8-10;1-7-2-4-8(5-3-7)11-9-6-10-9/h11-18H,1-10H3;5-20H,1-4H3;7-18H,1-6H3;4-9H,10H2,1-3H3;3-10H,11H2,1-2H3;7-9H,4-6H2,1-3H3;2-5,9H,6H2,1H3. The van der Waals surface area contributed by atoms with Gasteiger partial charge in [-0.05, 0) is 343 Å². The predicted octanol–water partition coefficient (Wildman–Crippen LogP) is 37.6. The van der Waals surface area contributed by atoms with Gasteiger partial charge in [-0.15, -0.1) is 0 Å². The topological polar surface area (TPSA) is 40.2 Å². The van der Waals surface area contributed by atoms with Crippen LogP contribution >= 0.6 is 0 Å². The molecule has 0 bridgehead atoms. The first-order chi connectivity index (χ1) is 68.6. The first-order valence-corrected chi connectivity index (χ1v) is 51.7. The van der Waals surface area contributed by atoms with Crippen molar-refractivity contribution < 1.29 is 32.1 Å². The van der Waals surface area contributed by atoms with Crippen molar-refractivity contribution >= 4 is 0 Å². The molecular weight excluding hydrogens is 1780 g/mol. The fourth-order valence-corrected chi connectivity index (χ4v) is 17.9. The highest BCUT2D eigenvalue weighted by Gasteiger charge is 2.35. The van der Waals surface area contributed by atoms with Crippen LogP contribution in [-0.2, 0) is 70.1 Å². The van der Waals surface area contributed by atoms with Gasteiger partial charge in [0, 0.05) is 27.1 Å². The van der Waals surface area contributed by atoms with Crippen molar-refractivity contribution in [3.8, 4) is 28.7 Å². The van der Waals surface area contributed by atoms with Crippen molar-refractivity contribution in [1.82, 2.24) is 0 Å². The van der Waals surface area contributed by atoms with E-state index in [1.54, 1.807) is 19.1 Å². The van der Waals surface area contributed by atoms with Crippen LogP contribution in [0.3, 0.4) is 0 Å². The molecule has 1 aliphatic rings. The Morgan fingerprint density at radius 2 is 0.448 bits per heavy atom. The number of rotatable bonds is 23. The van der Waals surface area contributed by atoms with Gasteiger partial charge in [0.05, 0.1) is 5.56 Å². The lowest BCUT2D eigenvalue weighted by atomic mass is 9.73. The summed E-state index contributed by atoms with van der Waals surface area (Å²) in [6.07, 6.45) is 0.502. The lowest BCUT2D eigenvalue weighted by Gasteiger charge is -2.31. The van der Waals surface area contributed by atoms with Crippen LogP contribution < -0.4 is 14.2 Å². The Morgan fingerprint density at radius 1 is 0.228 bits per heavy atom. The highest BCUT2D eigenvalue weighted by atomic mass is 19.4. The number of aryl methyl sites for hydroxylation is 17. The molecule has 16 aromatic carbocycles. The summed E-state index contributed by atoms with van der Waals surface area (Å²) in [7, 11) is 0. The third kappa shape index (κ3) is 31.6. The Balaban J connectivity index is 0.000000166. The zero-order valence-electron chi connectivity index (χ0n) is 92.0. The van der Waals surface area contributed by atoms with Gasteiger partial charge in [0.15, 0.2) is 0 Å². The summed E-state index contributed by atoms with van der Waals surface area (Å²) in [6, 6.07) is 121. The fourth-order valence-electron chi connectivity index (χ4n) is 17.9. The lowest BCUT2D eigenvalue weighted by Crippen LogP contribution is -2.22. The van der Waals surface area contributed by atoms with Gasteiger partial charge in [-0.2, -0.15) is 13.2 Å². The minimum atomic E-state index is -4.31. The monoisotopic (exact) mass is 1940 g/mol. The summed E-state index contributed by atoms with van der Waals surface area (Å²) in [5, 5.41) is 0. The molecule has 0 radical (unpaired) electrons. The molecule has 1 aliphatic heterocycles. The molecule has 7 heteroatoms. The predicted molar refractivity (Wildman–Crippen MR) is 609 cm³/mol. The molecule has 0 N–H and O–H groups in total. The molecule has 1 atom stereocenters. The summed E-state index contributed by atoms with van der Waals surface area (Å²) in [5.41, 5.74) is 41.1. The Hall–Kier alpha value is -13.3. The van der Waals surface area contributed by atoms with Crippen LogP contribution in [0.5, 0.6) is 28.7 Å². The Kier molecular flexibility index (Phi) is 38.6. The molecule has 0 amide bonds. The van der Waals surface area contributed by atoms with E-state index in [4.69, 9.17) is 18.9 Å². The van der Waals surface area contributed by atoms with Crippen LogP contribution in [0.2, 0.25) is 0 Å². The fraction of sp³-hybridized carbons (Fsp3) is 0.304. The zero-order chi connectivity index (χ0) is 105. The van der Waals surface area contributed by atoms with Crippen LogP contribution in [0.4, 0.5) is 13.2 Å². The number of hydrogen-bond acceptors (Lipinski definition) is 4. The Labute approximate surface area is 869 Å². The van der Waals surface area contributed by atoms with Crippen molar-refractivity contribution in [2.24, 2.45) is 0 Å². The van der Waals surface area contributed by atoms with Crippen LogP contribution in [0.15, 0.2) is 346 Å². The van der Waals surface area contributed by atoms with Crippen LogP contribution in [0, 0.1) is 111 Å². The number of hydrogen-bond donors (Lipinski definition) is 0.